The van der Waals surface area contributed by atoms with Gasteiger partial charge in [0.05, 0.1) is 5.75 Å². The van der Waals surface area contributed by atoms with E-state index >= 15 is 0 Å². The van der Waals surface area contributed by atoms with Crippen molar-refractivity contribution in [2.45, 2.75) is 71.1 Å². The Morgan fingerprint density at radius 1 is 0.955 bits per heavy atom. The van der Waals surface area contributed by atoms with Crippen LogP contribution in [0.3, 0.4) is 0 Å². The Hall–Kier alpha value is 1.02. The van der Waals surface area contributed by atoms with E-state index in [9.17, 15) is 13.2 Å². The molecular weight excluding hydrogens is 329 g/mol. The Kier molecular flexibility index (Phi) is 19.4. The van der Waals surface area contributed by atoms with Crippen molar-refractivity contribution in [2.75, 3.05) is 19.3 Å². The summed E-state index contributed by atoms with van der Waals surface area (Å²) in [6, 6.07) is 0. The van der Waals surface area contributed by atoms with E-state index < -0.39 is 16.1 Å². The van der Waals surface area contributed by atoms with Gasteiger partial charge < -0.3 is 9.50 Å². The predicted molar refractivity (Wildman–Crippen MR) is 92.8 cm³/mol. The molecule has 0 fully saturated rings. The van der Waals surface area contributed by atoms with Crippen molar-refractivity contribution in [1.29, 1.82) is 0 Å². The molecule has 128 valence electrons. The predicted octanol–water partition coefficient (Wildman–Crippen LogP) is 2.35. The van der Waals surface area contributed by atoms with Crippen LogP contribution in [0.4, 0.5) is 0 Å². The van der Waals surface area contributed by atoms with Crippen LogP contribution in [0, 0.1) is 0 Å². The van der Waals surface area contributed by atoms with Crippen molar-refractivity contribution in [3.8, 4) is 0 Å². The molecule has 0 aliphatic carbocycles. The zero-order valence-corrected chi connectivity index (χ0v) is 14.3. The molecule has 0 heterocycles. The van der Waals surface area contributed by atoms with Crippen LogP contribution in [0.2, 0.25) is 0 Å². The third-order valence-corrected chi connectivity index (χ3v) is 4.45. The van der Waals surface area contributed by atoms with Crippen LogP contribution in [0.5, 0.6) is 0 Å². The molecule has 0 bridgehead atoms. The molecule has 1 N–H and O–H groups in total. The van der Waals surface area contributed by atoms with Gasteiger partial charge in [0.15, 0.2) is 0 Å². The Morgan fingerprint density at radius 2 is 1.45 bits per heavy atom. The summed E-state index contributed by atoms with van der Waals surface area (Å²) >= 11 is 0. The van der Waals surface area contributed by atoms with Gasteiger partial charge in [-0.25, -0.2) is 0 Å². The van der Waals surface area contributed by atoms with Gasteiger partial charge in [0.2, 0.25) is 0 Å². The van der Waals surface area contributed by atoms with Gasteiger partial charge in [-0.2, -0.15) is 8.42 Å². The maximum atomic E-state index is 11.4. The fourth-order valence-electron chi connectivity index (χ4n) is 2.03. The molecule has 22 heavy (non-hydrogen) atoms. The third-order valence-electron chi connectivity index (χ3n) is 3.31. The summed E-state index contributed by atoms with van der Waals surface area (Å²) in [5, 5.41) is 2.71. The quantitative estimate of drug-likeness (QED) is 0.292. The summed E-state index contributed by atoms with van der Waals surface area (Å²) in [5.41, 5.74) is 0. The molecular formula is C15H32KNO4S. The first kappa shape index (κ1) is 25.3. The molecule has 0 atom stereocenters. The first-order valence-corrected chi connectivity index (χ1v) is 9.69. The number of unbranched alkanes of at least 4 members (excludes halogenated alkanes) is 8. The van der Waals surface area contributed by atoms with Gasteiger partial charge in [-0.05, 0) is 13.5 Å². The van der Waals surface area contributed by atoms with Gasteiger partial charge in [-0.3, -0.25) is 4.79 Å². The van der Waals surface area contributed by atoms with Gasteiger partial charge in [0, 0.05) is 13.0 Å². The van der Waals surface area contributed by atoms with E-state index in [1.54, 1.807) is 7.05 Å². The van der Waals surface area contributed by atoms with Crippen molar-refractivity contribution < 1.29 is 17.4 Å². The Bertz CT molecular complexity index is 361. The van der Waals surface area contributed by atoms with Crippen LogP contribution >= 0.6 is 0 Å². The normalized spacial score (nSPS) is 11.0. The van der Waals surface area contributed by atoms with E-state index in [-0.39, 0.29) is 70.1 Å². The maximum absolute atomic E-state index is 11.4. The van der Waals surface area contributed by atoms with Gasteiger partial charge in [0.25, 0.3) is 0 Å². The van der Waals surface area contributed by atoms with E-state index in [0.29, 0.717) is 6.42 Å². The standard InChI is InChI=1S/C15H31NO4S.K.H/c1-3-4-5-6-7-8-9-10-11-12-15(17)20-21(18,19)14-13-16-2;;/h16H,3-14H2,1-2H3;;. The summed E-state index contributed by atoms with van der Waals surface area (Å²) in [4.78, 5) is 11.4. The van der Waals surface area contributed by atoms with Crippen LogP contribution in [0.1, 0.15) is 71.1 Å². The zero-order chi connectivity index (χ0) is 16.0. The van der Waals surface area contributed by atoms with Gasteiger partial charge in [-0.15, -0.1) is 0 Å². The SMILES string of the molecule is CCCCCCCCCCCC(=O)OS(=O)(=O)CCNC.[KH]. The summed E-state index contributed by atoms with van der Waals surface area (Å²) < 4.78 is 27.3. The molecule has 0 amide bonds. The number of hydrogen-bond acceptors (Lipinski definition) is 5. The molecule has 0 saturated heterocycles. The second kappa shape index (κ2) is 16.9. The number of carbonyl (C=O) groups excluding carboxylic acids is 1. The number of carbonyl (C=O) groups is 1. The molecule has 0 aliphatic heterocycles. The average Bonchev–Trinajstić information content (AvgIpc) is 2.43. The van der Waals surface area contributed by atoms with E-state index in [1.807, 2.05) is 0 Å². The fourth-order valence-corrected chi connectivity index (χ4v) is 2.94. The van der Waals surface area contributed by atoms with Crippen LogP contribution in [-0.4, -0.2) is 85.1 Å². The molecule has 5 nitrogen and oxygen atoms in total. The van der Waals surface area contributed by atoms with Crippen molar-refractivity contribution >= 4 is 67.5 Å². The second-order valence-corrected chi connectivity index (χ2v) is 7.09. The zero-order valence-electron chi connectivity index (χ0n) is 13.5. The van der Waals surface area contributed by atoms with E-state index in [4.69, 9.17) is 0 Å². The van der Waals surface area contributed by atoms with Crippen LogP contribution in [0.15, 0.2) is 0 Å². The molecule has 0 aromatic carbocycles. The summed E-state index contributed by atoms with van der Waals surface area (Å²) in [6.45, 7) is 2.49. The van der Waals surface area contributed by atoms with Crippen molar-refractivity contribution in [2.24, 2.45) is 0 Å². The summed E-state index contributed by atoms with van der Waals surface area (Å²) in [7, 11) is -2.06. The average molecular weight is 362 g/mol. The molecule has 0 unspecified atom stereocenters. The van der Waals surface area contributed by atoms with Crippen LogP contribution < -0.4 is 5.32 Å². The van der Waals surface area contributed by atoms with Crippen LogP contribution in [0.25, 0.3) is 0 Å². The molecule has 7 heteroatoms. The number of hydrogen-bond donors (Lipinski definition) is 1. The first-order chi connectivity index (χ1) is 10.0. The molecule has 0 radical (unpaired) electrons. The summed E-state index contributed by atoms with van der Waals surface area (Å²) in [6.07, 6.45) is 10.6. The topological polar surface area (TPSA) is 72.5 Å². The molecule has 0 rings (SSSR count). The van der Waals surface area contributed by atoms with Crippen LogP contribution in [-0.2, 0) is 19.1 Å². The third kappa shape index (κ3) is 17.4. The van der Waals surface area contributed by atoms with Crippen molar-refractivity contribution in [1.82, 2.24) is 5.32 Å². The summed E-state index contributed by atoms with van der Waals surface area (Å²) in [5.74, 6) is -0.804. The second-order valence-electron chi connectivity index (χ2n) is 5.40. The van der Waals surface area contributed by atoms with E-state index in [2.05, 4.69) is 16.4 Å². The molecule has 0 aliphatic rings. The van der Waals surface area contributed by atoms with E-state index in [0.717, 1.165) is 12.8 Å². The Labute approximate surface area is 178 Å². The Morgan fingerprint density at radius 3 is 1.95 bits per heavy atom. The molecule has 0 saturated carbocycles. The minimum atomic E-state index is -3.72. The van der Waals surface area contributed by atoms with Gasteiger partial charge in [-0.1, -0.05) is 58.3 Å². The molecule has 0 aromatic heterocycles. The van der Waals surface area contributed by atoms with Gasteiger partial charge >= 0.3 is 67.5 Å². The monoisotopic (exact) mass is 361 g/mol. The molecule has 0 aromatic rings. The van der Waals surface area contributed by atoms with Crippen molar-refractivity contribution in [3.05, 3.63) is 0 Å². The van der Waals surface area contributed by atoms with Crippen molar-refractivity contribution in [3.63, 3.8) is 0 Å². The number of rotatable bonds is 14. The Balaban J connectivity index is 0. The fraction of sp³-hybridized carbons (Fsp3) is 0.933. The number of nitrogens with one attached hydrogen (secondary N) is 1. The van der Waals surface area contributed by atoms with Gasteiger partial charge in [0.1, 0.15) is 0 Å². The molecule has 0 spiro atoms. The first-order valence-electron chi connectivity index (χ1n) is 8.11. The van der Waals surface area contributed by atoms with E-state index in [1.165, 1.54) is 38.5 Å². The minimum absolute atomic E-state index is 0.